The first kappa shape index (κ1) is 29.6. The molecule has 1 aromatic rings. The number of esters is 3. The molecule has 2 aliphatic rings. The fourth-order valence-corrected chi connectivity index (χ4v) is 4.45. The lowest BCUT2D eigenvalue weighted by molar-refractivity contribution is -0.278. The number of fused-ring (bicyclic) bond motifs is 1. The van der Waals surface area contributed by atoms with Crippen LogP contribution in [-0.4, -0.2) is 79.2 Å². The van der Waals surface area contributed by atoms with Crippen molar-refractivity contribution in [3.05, 3.63) is 29.3 Å². The zero-order chi connectivity index (χ0) is 28.9. The van der Waals surface area contributed by atoms with Gasteiger partial charge in [-0.05, 0) is 25.5 Å². The molecule has 1 saturated heterocycles. The molecule has 0 bridgehead atoms. The van der Waals surface area contributed by atoms with Crippen LogP contribution in [-0.2, 0) is 47.8 Å². The van der Waals surface area contributed by atoms with Gasteiger partial charge in [-0.3, -0.25) is 24.0 Å². The largest absolute Gasteiger partial charge is 0.463 e. The summed E-state index contributed by atoms with van der Waals surface area (Å²) in [4.78, 5) is 68.1. The van der Waals surface area contributed by atoms with Crippen LogP contribution in [0.25, 0.3) is 0 Å². The Morgan fingerprint density at radius 1 is 1.03 bits per heavy atom. The minimum Gasteiger partial charge on any atom is -0.463 e. The zero-order valence-corrected chi connectivity index (χ0v) is 22.7. The molecule has 0 saturated carbocycles. The molecular weight excluding hydrogens is 514 g/mol. The maximum Gasteiger partial charge on any atom is 0.303 e. The van der Waals surface area contributed by atoms with E-state index in [0.29, 0.717) is 24.2 Å². The van der Waals surface area contributed by atoms with Gasteiger partial charge in [0.2, 0.25) is 5.91 Å². The van der Waals surface area contributed by atoms with E-state index in [0.717, 1.165) is 19.4 Å². The standard InChI is InChI=1S/C26H33N3O10/c1-7-10-29-19-9-8-13(2)11-18(19)21(25(29)34)28-39-26-22(27-14(3)30)24(37-17(6)33)23(36-16(5)32)20(38-26)12-35-15(4)31/h8-9,11,20,22-24,26H,7,10,12H2,1-6H3,(H,27,30)/b28-21-/t20-,22-,23+,24+,26+/m1/s1. The highest BCUT2D eigenvalue weighted by Gasteiger charge is 2.52. The van der Waals surface area contributed by atoms with Crippen LogP contribution < -0.4 is 10.2 Å². The van der Waals surface area contributed by atoms with E-state index in [-0.39, 0.29) is 18.2 Å². The summed E-state index contributed by atoms with van der Waals surface area (Å²) in [5.74, 6) is -3.01. The predicted molar refractivity (Wildman–Crippen MR) is 135 cm³/mol. The molecule has 2 aliphatic heterocycles. The molecule has 2 heterocycles. The SMILES string of the molecule is CCCN1C(=O)/C(=N\O[C@@H]2O[C@H](COC(C)=O)[C@H](OC(C)=O)[C@@H](OC(C)=O)[C@H]2NC(C)=O)c2cc(C)ccc21. The van der Waals surface area contributed by atoms with E-state index in [2.05, 4.69) is 10.5 Å². The Hall–Kier alpha value is -4.00. The highest BCUT2D eigenvalue weighted by atomic mass is 16.8. The molecule has 5 atom stereocenters. The molecule has 212 valence electrons. The Morgan fingerprint density at radius 3 is 2.28 bits per heavy atom. The Morgan fingerprint density at radius 2 is 1.69 bits per heavy atom. The van der Waals surface area contributed by atoms with E-state index in [4.69, 9.17) is 23.8 Å². The summed E-state index contributed by atoms with van der Waals surface area (Å²) in [5.41, 5.74) is 2.16. The van der Waals surface area contributed by atoms with Crippen molar-refractivity contribution in [3.63, 3.8) is 0 Å². The monoisotopic (exact) mass is 547 g/mol. The van der Waals surface area contributed by atoms with E-state index < -0.39 is 54.5 Å². The van der Waals surface area contributed by atoms with Crippen LogP contribution in [0.1, 0.15) is 52.2 Å². The number of ether oxygens (including phenoxy) is 4. The molecule has 0 spiro atoms. The number of nitrogens with one attached hydrogen (secondary N) is 1. The molecule has 2 amide bonds. The second-order valence-electron chi connectivity index (χ2n) is 9.24. The lowest BCUT2D eigenvalue weighted by Crippen LogP contribution is -2.66. The number of hydrogen-bond acceptors (Lipinski definition) is 11. The Labute approximate surface area is 225 Å². The maximum atomic E-state index is 13.2. The number of rotatable bonds is 9. The van der Waals surface area contributed by atoms with E-state index >= 15 is 0 Å². The molecule has 1 N–H and O–H groups in total. The number of aryl methyl sites for hydroxylation is 1. The molecule has 13 heteroatoms. The number of anilines is 1. The summed E-state index contributed by atoms with van der Waals surface area (Å²) in [6.45, 7) is 8.58. The van der Waals surface area contributed by atoms with E-state index in [9.17, 15) is 24.0 Å². The van der Waals surface area contributed by atoms with Crippen LogP contribution in [0.2, 0.25) is 0 Å². The molecule has 0 aromatic heterocycles. The van der Waals surface area contributed by atoms with Crippen molar-refractivity contribution in [2.24, 2.45) is 5.16 Å². The lowest BCUT2D eigenvalue weighted by Gasteiger charge is -2.43. The summed E-state index contributed by atoms with van der Waals surface area (Å²) in [7, 11) is 0. The summed E-state index contributed by atoms with van der Waals surface area (Å²) in [6.07, 6.45) is -4.46. The number of hydrogen-bond donors (Lipinski definition) is 1. The molecule has 1 aromatic carbocycles. The third kappa shape index (κ3) is 7.11. The lowest BCUT2D eigenvalue weighted by atomic mass is 9.96. The van der Waals surface area contributed by atoms with Gasteiger partial charge in [-0.1, -0.05) is 23.7 Å². The number of oxime groups is 1. The number of carbonyl (C=O) groups excluding carboxylic acids is 5. The van der Waals surface area contributed by atoms with Crippen molar-refractivity contribution < 1.29 is 47.8 Å². The Bertz CT molecular complexity index is 1170. The Kier molecular flexibility index (Phi) is 9.62. The molecule has 0 aliphatic carbocycles. The quantitative estimate of drug-likeness (QED) is 0.270. The second-order valence-corrected chi connectivity index (χ2v) is 9.24. The summed E-state index contributed by atoms with van der Waals surface area (Å²) >= 11 is 0. The molecule has 13 nitrogen and oxygen atoms in total. The van der Waals surface area contributed by atoms with Crippen LogP contribution in [0, 0.1) is 6.92 Å². The summed E-state index contributed by atoms with van der Waals surface area (Å²) in [5, 5.41) is 6.71. The first-order valence-electron chi connectivity index (χ1n) is 12.5. The van der Waals surface area contributed by atoms with Crippen LogP contribution in [0.4, 0.5) is 5.69 Å². The number of amides is 2. The fourth-order valence-electron chi connectivity index (χ4n) is 4.45. The number of nitrogens with zero attached hydrogens (tertiary/aromatic N) is 2. The van der Waals surface area contributed by atoms with Crippen molar-refractivity contribution >= 4 is 41.1 Å². The second kappa shape index (κ2) is 12.7. The van der Waals surface area contributed by atoms with Crippen LogP contribution in [0.5, 0.6) is 0 Å². The van der Waals surface area contributed by atoms with Gasteiger partial charge in [-0.25, -0.2) is 0 Å². The number of benzene rings is 1. The first-order chi connectivity index (χ1) is 18.4. The minimum absolute atomic E-state index is 0.0232. The third-order valence-corrected chi connectivity index (χ3v) is 5.91. The molecule has 0 radical (unpaired) electrons. The normalized spacial score (nSPS) is 25.1. The predicted octanol–water partition coefficient (Wildman–Crippen LogP) is 1.13. The van der Waals surface area contributed by atoms with E-state index in [1.54, 1.807) is 11.0 Å². The highest BCUT2D eigenvalue weighted by Crippen LogP contribution is 2.32. The van der Waals surface area contributed by atoms with Gasteiger partial charge in [0.1, 0.15) is 18.8 Å². The van der Waals surface area contributed by atoms with Gasteiger partial charge in [-0.2, -0.15) is 0 Å². The average Bonchev–Trinajstić information content (AvgIpc) is 3.09. The molecule has 39 heavy (non-hydrogen) atoms. The minimum atomic E-state index is -1.43. The van der Waals surface area contributed by atoms with Crippen LogP contribution >= 0.6 is 0 Å². The summed E-state index contributed by atoms with van der Waals surface area (Å²) in [6, 6.07) is 4.30. The first-order valence-corrected chi connectivity index (χ1v) is 12.5. The van der Waals surface area contributed by atoms with Gasteiger partial charge in [0, 0.05) is 39.8 Å². The van der Waals surface area contributed by atoms with Crippen molar-refractivity contribution in [3.8, 4) is 0 Å². The zero-order valence-electron chi connectivity index (χ0n) is 22.7. The van der Waals surface area contributed by atoms with Gasteiger partial charge in [0.15, 0.2) is 17.9 Å². The van der Waals surface area contributed by atoms with Gasteiger partial charge in [-0.15, -0.1) is 0 Å². The molecule has 1 fully saturated rings. The third-order valence-electron chi connectivity index (χ3n) is 5.91. The van der Waals surface area contributed by atoms with Crippen LogP contribution in [0.3, 0.4) is 0 Å². The van der Waals surface area contributed by atoms with Gasteiger partial charge >= 0.3 is 17.9 Å². The number of carbonyl (C=O) groups is 5. The van der Waals surface area contributed by atoms with Crippen LogP contribution in [0.15, 0.2) is 23.4 Å². The molecule has 0 unspecified atom stereocenters. The van der Waals surface area contributed by atoms with E-state index in [1.807, 2.05) is 26.0 Å². The summed E-state index contributed by atoms with van der Waals surface area (Å²) < 4.78 is 21.8. The van der Waals surface area contributed by atoms with Gasteiger partial charge in [0.05, 0.1) is 5.69 Å². The Balaban J connectivity index is 2.02. The fraction of sp³-hybridized carbons (Fsp3) is 0.538. The average molecular weight is 548 g/mol. The van der Waals surface area contributed by atoms with Crippen molar-refractivity contribution in [2.75, 3.05) is 18.1 Å². The maximum absolute atomic E-state index is 13.2. The van der Waals surface area contributed by atoms with E-state index in [1.165, 1.54) is 13.8 Å². The van der Waals surface area contributed by atoms with Gasteiger partial charge in [0.25, 0.3) is 12.2 Å². The topological polar surface area (TPSA) is 159 Å². The van der Waals surface area contributed by atoms with Crippen molar-refractivity contribution in [2.45, 2.75) is 78.6 Å². The van der Waals surface area contributed by atoms with Gasteiger partial charge < -0.3 is 34.0 Å². The van der Waals surface area contributed by atoms with Crippen molar-refractivity contribution in [1.82, 2.24) is 5.32 Å². The van der Waals surface area contributed by atoms with Crippen molar-refractivity contribution in [1.29, 1.82) is 0 Å². The molecule has 3 rings (SSSR count). The smallest absolute Gasteiger partial charge is 0.303 e. The molecular formula is C26H33N3O10. The highest BCUT2D eigenvalue weighted by molar-refractivity contribution is 6.54.